The van der Waals surface area contributed by atoms with Crippen LogP contribution in [0.25, 0.3) is 11.1 Å². The number of carboxylic acid groups (broad SMARTS) is 1. The van der Waals surface area contributed by atoms with Crippen molar-refractivity contribution in [3.05, 3.63) is 65.2 Å². The van der Waals surface area contributed by atoms with E-state index in [4.69, 9.17) is 22.1 Å². The molecule has 0 saturated carbocycles. The van der Waals surface area contributed by atoms with Crippen LogP contribution < -0.4 is 20.7 Å². The summed E-state index contributed by atoms with van der Waals surface area (Å²) in [6, 6.07) is 13.6. The molecule has 12 heteroatoms. The maximum atomic E-state index is 14.4. The van der Waals surface area contributed by atoms with E-state index >= 15 is 0 Å². The second-order valence-corrected chi connectivity index (χ2v) is 10.5. The largest absolute Gasteiger partial charge is 0.480 e. The number of aliphatic carboxylic acids is 1. The number of rotatable bonds is 6. The number of ether oxygens (including phenoxy) is 1. The zero-order valence-corrected chi connectivity index (χ0v) is 21.5. The Kier molecular flexibility index (Phi) is 7.30. The second kappa shape index (κ2) is 10.5. The highest BCUT2D eigenvalue weighted by atomic mass is 35.5. The lowest BCUT2D eigenvalue weighted by molar-refractivity contribution is -0.198. The number of piperidine rings is 1. The summed E-state index contributed by atoms with van der Waals surface area (Å²) in [6.07, 6.45) is -5.16. The minimum atomic E-state index is -4.77. The molecule has 2 unspecified atom stereocenters. The summed E-state index contributed by atoms with van der Waals surface area (Å²) in [6.45, 7) is 1.69. The Hall–Kier alpha value is -3.57. The molecule has 1 aromatic heterocycles. The van der Waals surface area contributed by atoms with E-state index in [-0.39, 0.29) is 22.8 Å². The molecular weight excluding hydrogens is 535 g/mol. The maximum absolute atomic E-state index is 14.4. The van der Waals surface area contributed by atoms with E-state index in [0.717, 1.165) is 0 Å². The molecule has 0 bridgehead atoms. The number of hydrogen-bond acceptors (Lipinski definition) is 7. The Morgan fingerprint density at radius 1 is 1.15 bits per heavy atom. The topological polar surface area (TPSA) is 114 Å². The SMILES string of the molecule is Nc1nc(OC(c2ccc(Cl)cc2-c2ccccc2)C(F)(F)F)cc(N2CCC3(CC2)CNC(C(=O)O)C3)n1. The molecule has 206 valence electrons. The molecule has 2 aromatic carbocycles. The lowest BCUT2D eigenvalue weighted by Gasteiger charge is -2.39. The molecular formula is C27H27ClF3N5O3. The number of alkyl halides is 3. The highest BCUT2D eigenvalue weighted by molar-refractivity contribution is 6.30. The van der Waals surface area contributed by atoms with Crippen LogP contribution in [0.5, 0.6) is 5.88 Å². The van der Waals surface area contributed by atoms with Gasteiger partial charge in [-0.1, -0.05) is 48.0 Å². The van der Waals surface area contributed by atoms with Crippen LogP contribution in [-0.4, -0.2) is 52.9 Å². The summed E-state index contributed by atoms with van der Waals surface area (Å²) in [5, 5.41) is 12.7. The fourth-order valence-corrected chi connectivity index (χ4v) is 5.56. The first-order valence-corrected chi connectivity index (χ1v) is 12.8. The van der Waals surface area contributed by atoms with Crippen LogP contribution in [0.1, 0.15) is 30.9 Å². The second-order valence-electron chi connectivity index (χ2n) is 10.0. The Morgan fingerprint density at radius 2 is 1.87 bits per heavy atom. The summed E-state index contributed by atoms with van der Waals surface area (Å²) in [7, 11) is 0. The number of nitrogens with one attached hydrogen (secondary N) is 1. The number of nitrogens with two attached hydrogens (primary N) is 1. The molecule has 1 spiro atoms. The van der Waals surface area contributed by atoms with Gasteiger partial charge in [0.1, 0.15) is 11.9 Å². The number of nitrogens with zero attached hydrogens (tertiary/aromatic N) is 3. The van der Waals surface area contributed by atoms with E-state index in [2.05, 4.69) is 15.3 Å². The van der Waals surface area contributed by atoms with Crippen molar-refractivity contribution in [2.45, 2.75) is 37.6 Å². The van der Waals surface area contributed by atoms with Crippen LogP contribution >= 0.6 is 11.6 Å². The molecule has 0 radical (unpaired) electrons. The fourth-order valence-electron chi connectivity index (χ4n) is 5.39. The van der Waals surface area contributed by atoms with Crippen molar-refractivity contribution in [3.8, 4) is 17.0 Å². The van der Waals surface area contributed by atoms with Crippen LogP contribution in [0.2, 0.25) is 5.02 Å². The molecule has 2 aliphatic rings. The third-order valence-electron chi connectivity index (χ3n) is 7.43. The molecule has 2 aliphatic heterocycles. The molecule has 2 saturated heterocycles. The molecule has 39 heavy (non-hydrogen) atoms. The number of carboxylic acids is 1. The van der Waals surface area contributed by atoms with E-state index in [1.165, 1.54) is 24.3 Å². The zero-order valence-electron chi connectivity index (χ0n) is 20.8. The van der Waals surface area contributed by atoms with Gasteiger partial charge in [-0.25, -0.2) is 0 Å². The maximum Gasteiger partial charge on any atom is 0.429 e. The Bertz CT molecular complexity index is 1350. The lowest BCUT2D eigenvalue weighted by Crippen LogP contribution is -2.41. The van der Waals surface area contributed by atoms with Gasteiger partial charge < -0.3 is 25.8 Å². The van der Waals surface area contributed by atoms with Gasteiger partial charge in [0, 0.05) is 36.3 Å². The van der Waals surface area contributed by atoms with Crippen molar-refractivity contribution in [1.29, 1.82) is 0 Å². The lowest BCUT2D eigenvalue weighted by atomic mass is 9.76. The Morgan fingerprint density at radius 3 is 2.51 bits per heavy atom. The number of nitrogen functional groups attached to an aromatic ring is 1. The fraction of sp³-hybridized carbons (Fsp3) is 0.370. The average molecular weight is 562 g/mol. The molecule has 5 rings (SSSR count). The van der Waals surface area contributed by atoms with Crippen LogP contribution in [-0.2, 0) is 4.79 Å². The molecule has 0 amide bonds. The summed E-state index contributed by atoms with van der Waals surface area (Å²) in [5.41, 5.74) is 6.49. The van der Waals surface area contributed by atoms with Crippen molar-refractivity contribution in [1.82, 2.24) is 15.3 Å². The van der Waals surface area contributed by atoms with Crippen molar-refractivity contribution in [3.63, 3.8) is 0 Å². The van der Waals surface area contributed by atoms with Crippen molar-refractivity contribution in [2.75, 3.05) is 30.3 Å². The number of halogens is 4. The van der Waals surface area contributed by atoms with Gasteiger partial charge in [-0.3, -0.25) is 4.79 Å². The van der Waals surface area contributed by atoms with Gasteiger partial charge in [0.05, 0.1) is 0 Å². The molecule has 3 heterocycles. The van der Waals surface area contributed by atoms with E-state index < -0.39 is 24.3 Å². The number of anilines is 2. The Labute approximate surface area is 228 Å². The first-order chi connectivity index (χ1) is 18.5. The number of carbonyl (C=O) groups is 1. The minimum absolute atomic E-state index is 0.113. The van der Waals surface area contributed by atoms with E-state index in [1.54, 1.807) is 30.3 Å². The molecule has 4 N–H and O–H groups in total. The quantitative estimate of drug-likeness (QED) is 0.381. The van der Waals surface area contributed by atoms with Crippen LogP contribution in [0.3, 0.4) is 0 Å². The van der Waals surface area contributed by atoms with Crippen LogP contribution in [0, 0.1) is 5.41 Å². The first-order valence-electron chi connectivity index (χ1n) is 12.5. The number of benzene rings is 2. The van der Waals surface area contributed by atoms with Crippen LogP contribution in [0.15, 0.2) is 54.6 Å². The van der Waals surface area contributed by atoms with Gasteiger partial charge in [-0.05, 0) is 47.9 Å². The van der Waals surface area contributed by atoms with E-state index in [0.29, 0.717) is 60.9 Å². The van der Waals surface area contributed by atoms with Gasteiger partial charge in [0.25, 0.3) is 0 Å². The van der Waals surface area contributed by atoms with E-state index in [1.807, 2.05) is 4.90 Å². The molecule has 3 aromatic rings. The summed E-state index contributed by atoms with van der Waals surface area (Å²) in [4.78, 5) is 21.5. The van der Waals surface area contributed by atoms with E-state index in [9.17, 15) is 23.1 Å². The zero-order chi connectivity index (χ0) is 27.8. The summed E-state index contributed by atoms with van der Waals surface area (Å²) in [5.74, 6) is -1.03. The first kappa shape index (κ1) is 27.0. The third-order valence-corrected chi connectivity index (χ3v) is 7.67. The summed E-state index contributed by atoms with van der Waals surface area (Å²) < 4.78 is 48.7. The molecule has 0 aliphatic carbocycles. The Balaban J connectivity index is 1.40. The predicted molar refractivity (Wildman–Crippen MR) is 141 cm³/mol. The highest BCUT2D eigenvalue weighted by Gasteiger charge is 2.46. The van der Waals surface area contributed by atoms with Crippen molar-refractivity contribution < 1.29 is 27.8 Å². The monoisotopic (exact) mass is 561 g/mol. The van der Waals surface area contributed by atoms with Gasteiger partial charge in [0.15, 0.2) is 0 Å². The van der Waals surface area contributed by atoms with Crippen molar-refractivity contribution >= 4 is 29.3 Å². The van der Waals surface area contributed by atoms with Gasteiger partial charge in [-0.15, -0.1) is 0 Å². The number of aromatic nitrogens is 2. The molecule has 8 nitrogen and oxygen atoms in total. The standard InChI is InChI=1S/C27H27ClF3N5O3/c28-17-6-7-18(19(12-17)16-4-2-1-3-5-16)23(27(29,30)31)39-22-13-21(34-25(32)35-22)36-10-8-26(9-11-36)14-20(24(37)38)33-15-26/h1-7,12-13,20,23,33H,8-11,14-15H2,(H,37,38)(H2,32,34,35). The third kappa shape index (κ3) is 5.89. The smallest absolute Gasteiger partial charge is 0.429 e. The normalized spacial score (nSPS) is 19.7. The minimum Gasteiger partial charge on any atom is -0.480 e. The highest BCUT2D eigenvalue weighted by Crippen LogP contribution is 2.43. The van der Waals surface area contributed by atoms with Gasteiger partial charge >= 0.3 is 12.1 Å². The molecule has 2 fully saturated rings. The van der Waals surface area contributed by atoms with Crippen LogP contribution in [0.4, 0.5) is 24.9 Å². The average Bonchev–Trinajstić information content (AvgIpc) is 3.31. The number of hydrogen-bond donors (Lipinski definition) is 3. The van der Waals surface area contributed by atoms with Gasteiger partial charge in [0.2, 0.25) is 17.9 Å². The van der Waals surface area contributed by atoms with Crippen molar-refractivity contribution in [2.24, 2.45) is 5.41 Å². The molecule has 2 atom stereocenters. The summed E-state index contributed by atoms with van der Waals surface area (Å²) >= 11 is 6.14. The predicted octanol–water partition coefficient (Wildman–Crippen LogP) is 5.09. The van der Waals surface area contributed by atoms with Gasteiger partial charge in [-0.2, -0.15) is 23.1 Å².